The maximum Gasteiger partial charge on any atom is 0.197 e. The molecule has 0 unspecified atom stereocenters. The lowest BCUT2D eigenvalue weighted by molar-refractivity contribution is 0.799. The zero-order chi connectivity index (χ0) is 19.7. The number of aryl methyl sites for hydroxylation is 1. The number of fused-ring (bicyclic) bond motifs is 1. The van der Waals surface area contributed by atoms with Crippen molar-refractivity contribution in [2.75, 3.05) is 0 Å². The molecule has 2 aromatic heterocycles. The fourth-order valence-electron chi connectivity index (χ4n) is 3.61. The Kier molecular flexibility index (Phi) is 4.70. The first-order valence-corrected chi connectivity index (χ1v) is 9.34. The molecule has 0 aliphatic rings. The average molecular weight is 364 g/mol. The van der Waals surface area contributed by atoms with E-state index < -0.39 is 0 Å². The molecule has 28 heavy (non-hydrogen) atoms. The van der Waals surface area contributed by atoms with E-state index in [2.05, 4.69) is 16.1 Å². The lowest BCUT2D eigenvalue weighted by Gasteiger charge is -2.16. The molecule has 0 bridgehead atoms. The summed E-state index contributed by atoms with van der Waals surface area (Å²) < 4.78 is 2.09. The summed E-state index contributed by atoms with van der Waals surface area (Å²) >= 11 is 0. The standard InChI is InChI=1S/C24H21BN2O/c1-16-8-3-4-10-19(16)17(2)21-15-27(14-18-9-7-13-23(25)26-18)22-12-6-5-11-20(22)24(21)28/h3-13,15H,2,14,25H2,1H3. The predicted octanol–water partition coefficient (Wildman–Crippen LogP) is 3.07. The van der Waals surface area contributed by atoms with Gasteiger partial charge in [0.1, 0.15) is 0 Å². The molecule has 0 radical (unpaired) electrons. The highest BCUT2D eigenvalue weighted by molar-refractivity contribution is 6.30. The van der Waals surface area contributed by atoms with Gasteiger partial charge in [-0.1, -0.05) is 55.1 Å². The smallest absolute Gasteiger partial charge is 0.197 e. The molecule has 0 amide bonds. The second-order valence-electron chi connectivity index (χ2n) is 7.08. The predicted molar refractivity (Wildman–Crippen MR) is 119 cm³/mol. The zero-order valence-electron chi connectivity index (χ0n) is 16.1. The van der Waals surface area contributed by atoms with Gasteiger partial charge in [-0.3, -0.25) is 9.78 Å². The molecule has 2 heterocycles. The van der Waals surface area contributed by atoms with Crippen LogP contribution in [0.2, 0.25) is 0 Å². The van der Waals surface area contributed by atoms with E-state index in [1.807, 2.05) is 87.7 Å². The van der Waals surface area contributed by atoms with Crippen molar-refractivity contribution < 1.29 is 0 Å². The van der Waals surface area contributed by atoms with Crippen LogP contribution in [-0.4, -0.2) is 17.4 Å². The highest BCUT2D eigenvalue weighted by Gasteiger charge is 2.14. The van der Waals surface area contributed by atoms with Gasteiger partial charge in [0, 0.05) is 17.1 Å². The zero-order valence-corrected chi connectivity index (χ0v) is 16.1. The van der Waals surface area contributed by atoms with Gasteiger partial charge >= 0.3 is 0 Å². The summed E-state index contributed by atoms with van der Waals surface area (Å²) in [6.45, 7) is 6.89. The van der Waals surface area contributed by atoms with Crippen molar-refractivity contribution in [2.24, 2.45) is 0 Å². The second kappa shape index (κ2) is 7.32. The number of hydrogen-bond donors (Lipinski definition) is 0. The molecule has 0 spiro atoms. The monoisotopic (exact) mass is 364 g/mol. The summed E-state index contributed by atoms with van der Waals surface area (Å²) in [7, 11) is 1.98. The van der Waals surface area contributed by atoms with Gasteiger partial charge in [0.15, 0.2) is 13.3 Å². The van der Waals surface area contributed by atoms with Gasteiger partial charge in [-0.2, -0.15) is 0 Å². The van der Waals surface area contributed by atoms with Crippen LogP contribution in [0, 0.1) is 6.92 Å². The summed E-state index contributed by atoms with van der Waals surface area (Å²) in [5.41, 5.74) is 6.32. The maximum atomic E-state index is 13.2. The normalized spacial score (nSPS) is 10.9. The van der Waals surface area contributed by atoms with Gasteiger partial charge in [-0.15, -0.1) is 0 Å². The van der Waals surface area contributed by atoms with Crippen molar-refractivity contribution in [3.63, 3.8) is 0 Å². The SMILES string of the molecule is Bc1cccc(Cn2cc(C(=C)c3ccccc3C)c(=O)c3ccccc32)n1. The Hall–Kier alpha value is -3.40. The van der Waals surface area contributed by atoms with Crippen molar-refractivity contribution in [3.8, 4) is 0 Å². The van der Waals surface area contributed by atoms with E-state index >= 15 is 0 Å². The van der Waals surface area contributed by atoms with Crippen LogP contribution in [0.25, 0.3) is 16.5 Å². The van der Waals surface area contributed by atoms with Crippen molar-refractivity contribution in [2.45, 2.75) is 13.5 Å². The molecule has 4 rings (SSSR count). The van der Waals surface area contributed by atoms with Crippen LogP contribution >= 0.6 is 0 Å². The van der Waals surface area contributed by atoms with Crippen molar-refractivity contribution >= 4 is 29.9 Å². The fourth-order valence-corrected chi connectivity index (χ4v) is 3.61. The topological polar surface area (TPSA) is 34.9 Å². The van der Waals surface area contributed by atoms with Gasteiger partial charge in [-0.25, -0.2) is 0 Å². The fraction of sp³-hybridized carbons (Fsp3) is 0.0833. The number of hydrogen-bond acceptors (Lipinski definition) is 2. The van der Waals surface area contributed by atoms with E-state index in [0.717, 1.165) is 33.5 Å². The van der Waals surface area contributed by atoms with E-state index in [4.69, 9.17) is 0 Å². The minimum Gasteiger partial charge on any atom is -0.341 e. The van der Waals surface area contributed by atoms with Gasteiger partial charge in [0.2, 0.25) is 0 Å². The van der Waals surface area contributed by atoms with Gasteiger partial charge in [0.25, 0.3) is 0 Å². The van der Waals surface area contributed by atoms with E-state index in [1.165, 1.54) is 0 Å². The Labute approximate surface area is 165 Å². The van der Waals surface area contributed by atoms with E-state index in [1.54, 1.807) is 0 Å². The first kappa shape index (κ1) is 18.0. The van der Waals surface area contributed by atoms with Crippen molar-refractivity contribution in [3.05, 3.63) is 112 Å². The third kappa shape index (κ3) is 3.29. The lowest BCUT2D eigenvalue weighted by atomic mass is 9.95. The number of benzene rings is 2. The first-order chi connectivity index (χ1) is 13.5. The molecule has 0 saturated carbocycles. The van der Waals surface area contributed by atoms with Gasteiger partial charge < -0.3 is 4.57 Å². The summed E-state index contributed by atoms with van der Waals surface area (Å²) in [5, 5.41) is 0.697. The van der Waals surface area contributed by atoms with Crippen LogP contribution in [-0.2, 0) is 6.54 Å². The molecule has 136 valence electrons. The molecular formula is C24H21BN2O. The Balaban J connectivity index is 1.91. The summed E-state index contributed by atoms with van der Waals surface area (Å²) in [6, 6.07) is 21.7. The highest BCUT2D eigenvalue weighted by Crippen LogP contribution is 2.24. The van der Waals surface area contributed by atoms with Crippen LogP contribution in [0.15, 0.2) is 84.3 Å². The number of rotatable bonds is 4. The number of para-hydroxylation sites is 1. The van der Waals surface area contributed by atoms with E-state index in [-0.39, 0.29) is 5.43 Å². The van der Waals surface area contributed by atoms with Gasteiger partial charge in [0.05, 0.1) is 17.8 Å². The molecule has 4 heteroatoms. The summed E-state index contributed by atoms with van der Waals surface area (Å²) in [6.07, 6.45) is 1.92. The van der Waals surface area contributed by atoms with E-state index in [9.17, 15) is 4.79 Å². The molecule has 0 N–H and O–H groups in total. The van der Waals surface area contributed by atoms with Crippen molar-refractivity contribution in [1.82, 2.24) is 9.55 Å². The molecule has 0 saturated heterocycles. The quantitative estimate of drug-likeness (QED) is 0.522. The first-order valence-electron chi connectivity index (χ1n) is 9.34. The Bertz CT molecular complexity index is 1260. The highest BCUT2D eigenvalue weighted by atomic mass is 16.1. The Morgan fingerprint density at radius 1 is 1.00 bits per heavy atom. The summed E-state index contributed by atoms with van der Waals surface area (Å²) in [4.78, 5) is 17.8. The van der Waals surface area contributed by atoms with Crippen molar-refractivity contribution in [1.29, 1.82) is 0 Å². The molecule has 4 aromatic rings. The molecule has 0 aliphatic heterocycles. The molecular weight excluding hydrogens is 343 g/mol. The average Bonchev–Trinajstić information content (AvgIpc) is 2.70. The van der Waals surface area contributed by atoms with Crippen LogP contribution in [0.3, 0.4) is 0 Å². The second-order valence-corrected chi connectivity index (χ2v) is 7.08. The minimum absolute atomic E-state index is 0.0114. The Morgan fingerprint density at radius 3 is 2.54 bits per heavy atom. The van der Waals surface area contributed by atoms with E-state index in [0.29, 0.717) is 17.5 Å². The largest absolute Gasteiger partial charge is 0.341 e. The van der Waals surface area contributed by atoms with Crippen LogP contribution in [0.1, 0.15) is 22.4 Å². The molecule has 3 nitrogen and oxygen atoms in total. The number of aromatic nitrogens is 2. The third-order valence-electron chi connectivity index (χ3n) is 5.06. The van der Waals surface area contributed by atoms with Crippen LogP contribution in [0.4, 0.5) is 0 Å². The van der Waals surface area contributed by atoms with Crippen LogP contribution < -0.4 is 11.0 Å². The number of nitrogens with zero attached hydrogens (tertiary/aromatic N) is 2. The molecule has 0 fully saturated rings. The third-order valence-corrected chi connectivity index (χ3v) is 5.06. The minimum atomic E-state index is 0.0114. The maximum absolute atomic E-state index is 13.2. The number of pyridine rings is 2. The molecule has 0 aliphatic carbocycles. The molecule has 2 aromatic carbocycles. The van der Waals surface area contributed by atoms with Gasteiger partial charge in [-0.05, 0) is 47.4 Å². The summed E-state index contributed by atoms with van der Waals surface area (Å²) in [5.74, 6) is 0. The Morgan fingerprint density at radius 2 is 1.75 bits per heavy atom. The molecule has 0 atom stereocenters. The lowest BCUT2D eigenvalue weighted by Crippen LogP contribution is -2.17. The van der Waals surface area contributed by atoms with Crippen LogP contribution in [0.5, 0.6) is 0 Å².